The van der Waals surface area contributed by atoms with Gasteiger partial charge in [0, 0.05) is 5.75 Å². The summed E-state index contributed by atoms with van der Waals surface area (Å²) >= 11 is 3.79. The lowest BCUT2D eigenvalue weighted by molar-refractivity contribution is -0.144. The molecular weight excluding hydrogens is 219 g/mol. The second kappa shape index (κ2) is 6.39. The number of ether oxygens (including phenoxy) is 1. The van der Waals surface area contributed by atoms with E-state index in [2.05, 4.69) is 21.9 Å². The summed E-state index contributed by atoms with van der Waals surface area (Å²) in [4.78, 5) is 27.1. The Kier molecular flexibility index (Phi) is 6.36. The summed E-state index contributed by atoms with van der Waals surface area (Å²) in [5.41, 5.74) is 0. The molecule has 0 spiro atoms. The van der Waals surface area contributed by atoms with Gasteiger partial charge in [0.2, 0.25) is 0 Å². The first-order valence-corrected chi connectivity index (χ1v) is 5.58. The number of rotatable bonds is 6. The van der Waals surface area contributed by atoms with Gasteiger partial charge in [0.1, 0.15) is 6.61 Å². The van der Waals surface area contributed by atoms with E-state index in [1.165, 1.54) is 0 Å². The van der Waals surface area contributed by atoms with Crippen LogP contribution < -0.4 is 0 Å². The lowest BCUT2D eigenvalue weighted by atomic mass is 10.5. The van der Waals surface area contributed by atoms with E-state index in [0.29, 0.717) is 5.75 Å². The predicted molar refractivity (Wildman–Crippen MR) is 47.4 cm³/mol. The van der Waals surface area contributed by atoms with Gasteiger partial charge in [0.25, 0.3) is 0 Å². The molecule has 0 unspecified atom stereocenters. The lowest BCUT2D eigenvalue weighted by Crippen LogP contribution is -2.10. The minimum atomic E-state index is -4.45. The zero-order valence-electron chi connectivity index (χ0n) is 6.75. The van der Waals surface area contributed by atoms with Crippen LogP contribution in [0.3, 0.4) is 0 Å². The highest BCUT2D eigenvalue weighted by Crippen LogP contribution is 2.35. The van der Waals surface area contributed by atoms with Gasteiger partial charge < -0.3 is 14.5 Å². The van der Waals surface area contributed by atoms with Crippen molar-refractivity contribution in [1.29, 1.82) is 0 Å². The first-order valence-electron chi connectivity index (χ1n) is 3.42. The van der Waals surface area contributed by atoms with Crippen molar-refractivity contribution in [3.63, 3.8) is 0 Å². The SMILES string of the molecule is O=C(CCS)OCCOP(=O)(O)O. The van der Waals surface area contributed by atoms with E-state index in [1.54, 1.807) is 0 Å². The van der Waals surface area contributed by atoms with Crippen molar-refractivity contribution in [3.05, 3.63) is 0 Å². The van der Waals surface area contributed by atoms with Gasteiger partial charge in [-0.05, 0) is 0 Å². The topological polar surface area (TPSA) is 93.1 Å². The Hall–Kier alpha value is -0.0700. The summed E-state index contributed by atoms with van der Waals surface area (Å²) in [6.45, 7) is -0.486. The monoisotopic (exact) mass is 230 g/mol. The maximum Gasteiger partial charge on any atom is 0.469 e. The third-order valence-electron chi connectivity index (χ3n) is 0.922. The molecule has 0 aliphatic carbocycles. The molecule has 0 aromatic heterocycles. The molecule has 0 fully saturated rings. The second-order valence-corrected chi connectivity index (χ2v) is 3.70. The van der Waals surface area contributed by atoms with Gasteiger partial charge in [-0.15, -0.1) is 0 Å². The molecule has 0 bridgehead atoms. The fourth-order valence-corrected chi connectivity index (χ4v) is 0.970. The number of carbonyl (C=O) groups excluding carboxylic acids is 1. The first-order chi connectivity index (χ1) is 5.95. The van der Waals surface area contributed by atoms with Crippen LogP contribution in [0.1, 0.15) is 6.42 Å². The molecule has 78 valence electrons. The molecule has 0 aliphatic rings. The molecule has 0 atom stereocenters. The van der Waals surface area contributed by atoms with Crippen LogP contribution in [0.4, 0.5) is 0 Å². The molecule has 0 rings (SSSR count). The van der Waals surface area contributed by atoms with Crippen molar-refractivity contribution < 1.29 is 28.4 Å². The minimum Gasteiger partial charge on any atom is -0.463 e. The van der Waals surface area contributed by atoms with E-state index in [4.69, 9.17) is 9.79 Å². The molecule has 0 radical (unpaired) electrons. The van der Waals surface area contributed by atoms with Crippen molar-refractivity contribution in [2.75, 3.05) is 19.0 Å². The van der Waals surface area contributed by atoms with Crippen molar-refractivity contribution in [3.8, 4) is 0 Å². The molecule has 13 heavy (non-hydrogen) atoms. The summed E-state index contributed by atoms with van der Waals surface area (Å²) in [6, 6.07) is 0. The summed E-state index contributed by atoms with van der Waals surface area (Å²) < 4.78 is 18.7. The van der Waals surface area contributed by atoms with Gasteiger partial charge in [0.05, 0.1) is 13.0 Å². The van der Waals surface area contributed by atoms with Crippen LogP contribution in [-0.4, -0.2) is 34.7 Å². The third kappa shape index (κ3) is 9.85. The van der Waals surface area contributed by atoms with Crippen LogP contribution in [0.2, 0.25) is 0 Å². The van der Waals surface area contributed by atoms with E-state index in [9.17, 15) is 9.36 Å². The van der Waals surface area contributed by atoms with Crippen LogP contribution in [0.25, 0.3) is 0 Å². The molecule has 0 saturated heterocycles. The lowest BCUT2D eigenvalue weighted by Gasteiger charge is -2.05. The Morgan fingerprint density at radius 1 is 1.38 bits per heavy atom. The maximum atomic E-state index is 10.6. The van der Waals surface area contributed by atoms with Crippen LogP contribution in [0.15, 0.2) is 0 Å². The van der Waals surface area contributed by atoms with E-state index in [0.717, 1.165) is 0 Å². The molecule has 0 aromatic rings. The molecule has 0 heterocycles. The Balaban J connectivity index is 3.36. The fourth-order valence-electron chi connectivity index (χ4n) is 0.475. The number of carbonyl (C=O) groups is 1. The minimum absolute atomic E-state index is 0.166. The van der Waals surface area contributed by atoms with Crippen molar-refractivity contribution in [2.45, 2.75) is 6.42 Å². The predicted octanol–water partition coefficient (Wildman–Crippen LogP) is -0.0412. The molecule has 8 heteroatoms. The van der Waals surface area contributed by atoms with E-state index in [1.807, 2.05) is 0 Å². The second-order valence-electron chi connectivity index (χ2n) is 2.02. The zero-order valence-corrected chi connectivity index (χ0v) is 8.54. The highest BCUT2D eigenvalue weighted by molar-refractivity contribution is 7.80. The van der Waals surface area contributed by atoms with Crippen LogP contribution >= 0.6 is 20.5 Å². The van der Waals surface area contributed by atoms with Gasteiger partial charge in [0.15, 0.2) is 0 Å². The molecule has 0 saturated carbocycles. The molecule has 0 aromatic carbocycles. The summed E-state index contributed by atoms with van der Waals surface area (Å²) in [6.07, 6.45) is 0.166. The number of esters is 1. The number of hydrogen-bond donors (Lipinski definition) is 3. The smallest absolute Gasteiger partial charge is 0.463 e. The number of phosphoric acid groups is 1. The van der Waals surface area contributed by atoms with Crippen molar-refractivity contribution >= 4 is 26.4 Å². The van der Waals surface area contributed by atoms with Gasteiger partial charge >= 0.3 is 13.8 Å². The fraction of sp³-hybridized carbons (Fsp3) is 0.800. The Bertz CT molecular complexity index is 201. The van der Waals surface area contributed by atoms with Gasteiger partial charge in [-0.1, -0.05) is 0 Å². The summed E-state index contributed by atoms with van der Waals surface area (Å²) in [5.74, 6) is -0.0950. The van der Waals surface area contributed by atoms with Gasteiger partial charge in [-0.3, -0.25) is 9.32 Å². The Morgan fingerprint density at radius 2 is 2.00 bits per heavy atom. The Labute approximate surface area is 80.9 Å². The van der Waals surface area contributed by atoms with Crippen molar-refractivity contribution in [1.82, 2.24) is 0 Å². The maximum absolute atomic E-state index is 10.6. The average molecular weight is 230 g/mol. The Morgan fingerprint density at radius 3 is 2.46 bits per heavy atom. The first kappa shape index (κ1) is 12.9. The van der Waals surface area contributed by atoms with Crippen LogP contribution in [0.5, 0.6) is 0 Å². The van der Waals surface area contributed by atoms with E-state index >= 15 is 0 Å². The highest BCUT2D eigenvalue weighted by Gasteiger charge is 2.13. The molecule has 0 aliphatic heterocycles. The van der Waals surface area contributed by atoms with Gasteiger partial charge in [-0.2, -0.15) is 12.6 Å². The average Bonchev–Trinajstić information content (AvgIpc) is 1.97. The molecule has 6 nitrogen and oxygen atoms in total. The van der Waals surface area contributed by atoms with E-state index in [-0.39, 0.29) is 19.6 Å². The zero-order chi connectivity index (χ0) is 10.3. The number of phosphoric ester groups is 1. The number of thiol groups is 1. The highest BCUT2D eigenvalue weighted by atomic mass is 32.1. The van der Waals surface area contributed by atoms with E-state index < -0.39 is 13.8 Å². The number of hydrogen-bond acceptors (Lipinski definition) is 5. The molecule has 2 N–H and O–H groups in total. The largest absolute Gasteiger partial charge is 0.469 e. The van der Waals surface area contributed by atoms with Gasteiger partial charge in [-0.25, -0.2) is 4.57 Å². The van der Waals surface area contributed by atoms with Crippen LogP contribution in [-0.2, 0) is 18.6 Å². The van der Waals surface area contributed by atoms with Crippen molar-refractivity contribution in [2.24, 2.45) is 0 Å². The molecular formula is C5H11O6PS. The molecule has 0 amide bonds. The summed E-state index contributed by atoms with van der Waals surface area (Å²) in [5, 5.41) is 0. The third-order valence-corrected chi connectivity index (χ3v) is 1.66. The van der Waals surface area contributed by atoms with Crippen LogP contribution in [0, 0.1) is 0 Å². The quantitative estimate of drug-likeness (QED) is 0.256. The summed E-state index contributed by atoms with van der Waals surface area (Å²) in [7, 11) is -4.45. The standard InChI is InChI=1S/C5H11O6PS/c6-5(1-4-13)10-2-3-11-12(7,8)9/h13H,1-4H2,(H2,7,8,9). The normalized spacial score (nSPS) is 11.3.